The number of aromatic nitrogens is 4. The van der Waals surface area contributed by atoms with Crippen LogP contribution in [0.5, 0.6) is 5.75 Å². The van der Waals surface area contributed by atoms with Gasteiger partial charge in [0.05, 0.1) is 6.54 Å². The Morgan fingerprint density at radius 3 is 2.71 bits per heavy atom. The summed E-state index contributed by atoms with van der Waals surface area (Å²) in [5.41, 5.74) is 10.4. The van der Waals surface area contributed by atoms with Gasteiger partial charge in [0.2, 0.25) is 0 Å². The Morgan fingerprint density at radius 1 is 1.12 bits per heavy atom. The van der Waals surface area contributed by atoms with Gasteiger partial charge in [0.25, 0.3) is 5.95 Å². The number of nitrogens with two attached hydrogens (primary N) is 1. The summed E-state index contributed by atoms with van der Waals surface area (Å²) in [4.78, 5) is 1.28. The maximum Gasteiger partial charge on any atom is 0.260 e. The molecule has 0 aliphatic heterocycles. The van der Waals surface area contributed by atoms with Crippen LogP contribution in [0, 0.1) is 0 Å². The number of anilines is 1. The zero-order valence-electron chi connectivity index (χ0n) is 12.5. The molecule has 0 fully saturated rings. The van der Waals surface area contributed by atoms with Gasteiger partial charge in [-0.25, -0.2) is 0 Å². The zero-order chi connectivity index (χ0) is 16.9. The summed E-state index contributed by atoms with van der Waals surface area (Å²) in [6.45, 7) is 0.781. The SMILES string of the molecule is Nc1nnnn1NCc1cc(Cl)ccc1OCc1cccc(Cl)c1. The van der Waals surface area contributed by atoms with Gasteiger partial charge in [-0.2, -0.15) is 0 Å². The second-order valence-electron chi connectivity index (χ2n) is 4.95. The van der Waals surface area contributed by atoms with Crippen molar-refractivity contribution >= 4 is 29.2 Å². The summed E-state index contributed by atoms with van der Waals surface area (Å²) in [7, 11) is 0. The molecule has 0 atom stereocenters. The van der Waals surface area contributed by atoms with Gasteiger partial charge in [-0.3, -0.25) is 0 Å². The van der Waals surface area contributed by atoms with Crippen LogP contribution in [0.4, 0.5) is 5.95 Å². The van der Waals surface area contributed by atoms with E-state index in [-0.39, 0.29) is 5.95 Å². The highest BCUT2D eigenvalue weighted by atomic mass is 35.5. The van der Waals surface area contributed by atoms with E-state index in [1.807, 2.05) is 36.4 Å². The van der Waals surface area contributed by atoms with E-state index in [0.29, 0.717) is 28.9 Å². The number of rotatable bonds is 6. The normalized spacial score (nSPS) is 10.6. The Hall–Kier alpha value is -2.51. The van der Waals surface area contributed by atoms with E-state index >= 15 is 0 Å². The zero-order valence-corrected chi connectivity index (χ0v) is 14.0. The molecule has 0 saturated heterocycles. The van der Waals surface area contributed by atoms with E-state index in [1.54, 1.807) is 6.07 Å². The number of halogens is 2. The largest absolute Gasteiger partial charge is 0.489 e. The van der Waals surface area contributed by atoms with E-state index < -0.39 is 0 Å². The van der Waals surface area contributed by atoms with Crippen LogP contribution in [-0.4, -0.2) is 20.3 Å². The molecular formula is C15H14Cl2N6O. The van der Waals surface area contributed by atoms with Crippen LogP contribution in [0.15, 0.2) is 42.5 Å². The van der Waals surface area contributed by atoms with Gasteiger partial charge < -0.3 is 15.9 Å². The van der Waals surface area contributed by atoms with E-state index in [4.69, 9.17) is 33.7 Å². The van der Waals surface area contributed by atoms with Crippen molar-refractivity contribution in [2.75, 3.05) is 11.2 Å². The molecule has 7 nitrogen and oxygen atoms in total. The summed E-state index contributed by atoms with van der Waals surface area (Å²) >= 11 is 12.1. The Bertz CT molecular complexity index is 838. The number of ether oxygens (including phenoxy) is 1. The minimum absolute atomic E-state index is 0.165. The molecule has 3 N–H and O–H groups in total. The predicted molar refractivity (Wildman–Crippen MR) is 92.5 cm³/mol. The average Bonchev–Trinajstić information content (AvgIpc) is 2.97. The summed E-state index contributed by atoms with van der Waals surface area (Å²) < 4.78 is 5.88. The third-order valence-electron chi connectivity index (χ3n) is 3.22. The number of tetrazole rings is 1. The fourth-order valence-corrected chi connectivity index (χ4v) is 2.49. The molecule has 124 valence electrons. The molecule has 0 saturated carbocycles. The maximum atomic E-state index is 6.07. The molecule has 0 bridgehead atoms. The molecule has 1 aromatic heterocycles. The minimum atomic E-state index is 0.165. The monoisotopic (exact) mass is 364 g/mol. The topological polar surface area (TPSA) is 90.9 Å². The molecule has 9 heteroatoms. The lowest BCUT2D eigenvalue weighted by Crippen LogP contribution is -2.18. The van der Waals surface area contributed by atoms with Gasteiger partial charge in [0.15, 0.2) is 0 Å². The lowest BCUT2D eigenvalue weighted by Gasteiger charge is -2.13. The van der Waals surface area contributed by atoms with Crippen molar-refractivity contribution in [2.45, 2.75) is 13.2 Å². The van der Waals surface area contributed by atoms with Crippen molar-refractivity contribution < 1.29 is 4.74 Å². The molecule has 24 heavy (non-hydrogen) atoms. The summed E-state index contributed by atoms with van der Waals surface area (Å²) in [5.74, 6) is 0.858. The summed E-state index contributed by atoms with van der Waals surface area (Å²) in [5, 5.41) is 12.1. The first-order valence-corrected chi connectivity index (χ1v) is 7.81. The quantitative estimate of drug-likeness (QED) is 0.698. The number of nitrogen functional groups attached to an aromatic ring is 1. The molecule has 3 aromatic rings. The van der Waals surface area contributed by atoms with Crippen molar-refractivity contribution in [1.82, 2.24) is 20.3 Å². The fourth-order valence-electron chi connectivity index (χ4n) is 2.08. The predicted octanol–water partition coefficient (Wildman–Crippen LogP) is 2.88. The van der Waals surface area contributed by atoms with Gasteiger partial charge in [-0.1, -0.05) is 40.4 Å². The lowest BCUT2D eigenvalue weighted by molar-refractivity contribution is 0.303. The third kappa shape index (κ3) is 4.06. The van der Waals surface area contributed by atoms with E-state index in [1.165, 1.54) is 4.79 Å². The molecule has 0 amide bonds. The highest BCUT2D eigenvalue weighted by Gasteiger charge is 2.08. The first kappa shape index (κ1) is 16.4. The minimum Gasteiger partial charge on any atom is -0.489 e. The summed E-state index contributed by atoms with van der Waals surface area (Å²) in [6.07, 6.45) is 0. The number of nitrogens with zero attached hydrogens (tertiary/aromatic N) is 4. The second-order valence-corrected chi connectivity index (χ2v) is 5.83. The second kappa shape index (κ2) is 7.37. The highest BCUT2D eigenvalue weighted by Crippen LogP contribution is 2.24. The number of benzene rings is 2. The number of hydrogen-bond acceptors (Lipinski definition) is 6. The smallest absolute Gasteiger partial charge is 0.260 e. The Labute approximate surface area is 148 Å². The highest BCUT2D eigenvalue weighted by molar-refractivity contribution is 6.30. The van der Waals surface area contributed by atoms with Crippen LogP contribution in [0.3, 0.4) is 0 Å². The first-order chi connectivity index (χ1) is 11.6. The average molecular weight is 365 g/mol. The van der Waals surface area contributed by atoms with E-state index in [2.05, 4.69) is 21.0 Å². The molecule has 0 radical (unpaired) electrons. The molecule has 0 aliphatic carbocycles. The van der Waals surface area contributed by atoms with Crippen LogP contribution in [0.1, 0.15) is 11.1 Å². The molecule has 1 heterocycles. The van der Waals surface area contributed by atoms with Crippen molar-refractivity contribution in [1.29, 1.82) is 0 Å². The van der Waals surface area contributed by atoms with Crippen LogP contribution >= 0.6 is 23.2 Å². The number of nitrogens with one attached hydrogen (secondary N) is 1. The Balaban J connectivity index is 1.71. The van der Waals surface area contributed by atoms with Gasteiger partial charge in [-0.15, -0.1) is 4.79 Å². The Kier molecular flexibility index (Phi) is 5.02. The Morgan fingerprint density at radius 2 is 1.96 bits per heavy atom. The van der Waals surface area contributed by atoms with Crippen molar-refractivity contribution in [3.05, 3.63) is 63.6 Å². The molecule has 0 unspecified atom stereocenters. The van der Waals surface area contributed by atoms with E-state index in [0.717, 1.165) is 11.1 Å². The van der Waals surface area contributed by atoms with Crippen LogP contribution in [-0.2, 0) is 13.2 Å². The maximum absolute atomic E-state index is 6.07. The molecule has 0 spiro atoms. The van der Waals surface area contributed by atoms with Crippen molar-refractivity contribution in [3.8, 4) is 5.75 Å². The lowest BCUT2D eigenvalue weighted by atomic mass is 10.2. The van der Waals surface area contributed by atoms with Gasteiger partial charge >= 0.3 is 0 Å². The van der Waals surface area contributed by atoms with Crippen LogP contribution < -0.4 is 15.9 Å². The third-order valence-corrected chi connectivity index (χ3v) is 3.69. The number of hydrogen-bond donors (Lipinski definition) is 2. The fraction of sp³-hybridized carbons (Fsp3) is 0.133. The van der Waals surface area contributed by atoms with E-state index in [9.17, 15) is 0 Å². The molecule has 2 aromatic carbocycles. The van der Waals surface area contributed by atoms with Gasteiger partial charge in [0, 0.05) is 15.6 Å². The molecule has 3 rings (SSSR count). The van der Waals surface area contributed by atoms with Gasteiger partial charge in [-0.05, 0) is 46.3 Å². The molecule has 0 aliphatic rings. The van der Waals surface area contributed by atoms with Crippen molar-refractivity contribution in [2.24, 2.45) is 0 Å². The summed E-state index contributed by atoms with van der Waals surface area (Å²) in [6, 6.07) is 12.9. The van der Waals surface area contributed by atoms with Crippen molar-refractivity contribution in [3.63, 3.8) is 0 Å². The van der Waals surface area contributed by atoms with Crippen LogP contribution in [0.25, 0.3) is 0 Å². The standard InChI is InChI=1S/C15H14Cl2N6O/c16-12-3-1-2-10(6-12)9-24-14-5-4-13(17)7-11(14)8-19-23-15(18)20-21-22-23/h1-7,19H,8-9H2,(H2,18,20,22). The van der Waals surface area contributed by atoms with Crippen LogP contribution in [0.2, 0.25) is 10.0 Å². The first-order valence-electron chi connectivity index (χ1n) is 7.05. The molecular weight excluding hydrogens is 351 g/mol. The van der Waals surface area contributed by atoms with Gasteiger partial charge in [0.1, 0.15) is 12.4 Å².